The molecule has 4 heteroatoms. The number of benzene rings is 3. The number of hydrogen-bond donors (Lipinski definition) is 0. The third-order valence-corrected chi connectivity index (χ3v) is 15.9. The summed E-state index contributed by atoms with van der Waals surface area (Å²) in [6.07, 6.45) is 9.31. The number of carbonyl (C=O) groups excluding carboxylic acids is 1. The average molecular weight is 588 g/mol. The average Bonchev–Trinajstić information content (AvgIpc) is 3.35. The second-order valence-electron chi connectivity index (χ2n) is 11.9. The van der Waals surface area contributed by atoms with Gasteiger partial charge in [-0.2, -0.15) is 0 Å². The third-order valence-electron chi connectivity index (χ3n) is 8.59. The quantitative estimate of drug-likeness (QED) is 0.180. The Kier molecular flexibility index (Phi) is 8.55. The van der Waals surface area contributed by atoms with Gasteiger partial charge in [0.1, 0.15) is 0 Å². The van der Waals surface area contributed by atoms with Crippen LogP contribution in [0.5, 0.6) is 0 Å². The van der Waals surface area contributed by atoms with E-state index < -0.39 is 8.32 Å². The van der Waals surface area contributed by atoms with E-state index in [1.54, 1.807) is 0 Å². The Morgan fingerprint density at radius 2 is 1.42 bits per heavy atom. The first-order valence-corrected chi connectivity index (χ1v) is 18.0. The fourth-order valence-electron chi connectivity index (χ4n) is 6.81. The molecule has 5 rings (SSSR count). The van der Waals surface area contributed by atoms with Crippen molar-refractivity contribution in [2.45, 2.75) is 56.5 Å². The molecule has 0 aliphatic heterocycles. The van der Waals surface area contributed by atoms with Crippen LogP contribution in [0.3, 0.4) is 0 Å². The summed E-state index contributed by atoms with van der Waals surface area (Å²) >= 11 is 0.462. The van der Waals surface area contributed by atoms with Gasteiger partial charge in [-0.3, -0.25) is 0 Å². The van der Waals surface area contributed by atoms with Gasteiger partial charge in [0.2, 0.25) is 0 Å². The van der Waals surface area contributed by atoms with Crippen molar-refractivity contribution >= 4 is 44.4 Å². The van der Waals surface area contributed by atoms with E-state index in [9.17, 15) is 4.79 Å². The Balaban J connectivity index is 1.36. The molecule has 2 aliphatic carbocycles. The van der Waals surface area contributed by atoms with Crippen molar-refractivity contribution in [1.82, 2.24) is 0 Å². The SMILES string of the molecule is CC(C)(C)[Si](O[C@H]1C[C@H]2[C@H](C=O)[C@H](CC[Se]c3ccccc3)C=C[C@@H]2C1)(c1ccccc1)c1ccccc1. The summed E-state index contributed by atoms with van der Waals surface area (Å²) in [6.45, 7) is 7.04. The summed E-state index contributed by atoms with van der Waals surface area (Å²) in [6, 6.07) is 32.7. The molecule has 0 heterocycles. The monoisotopic (exact) mass is 588 g/mol. The second kappa shape index (κ2) is 11.9. The van der Waals surface area contributed by atoms with Crippen molar-refractivity contribution in [3.63, 3.8) is 0 Å². The summed E-state index contributed by atoms with van der Waals surface area (Å²) < 4.78 is 8.93. The van der Waals surface area contributed by atoms with Crippen molar-refractivity contribution < 1.29 is 9.22 Å². The van der Waals surface area contributed by atoms with Crippen LogP contribution in [0.1, 0.15) is 40.0 Å². The molecular weight excluding hydrogens is 547 g/mol. The van der Waals surface area contributed by atoms with Gasteiger partial charge in [0.05, 0.1) is 0 Å². The van der Waals surface area contributed by atoms with E-state index in [0.717, 1.165) is 19.3 Å². The van der Waals surface area contributed by atoms with Crippen LogP contribution in [0, 0.1) is 23.7 Å². The van der Waals surface area contributed by atoms with Crippen LogP contribution < -0.4 is 14.8 Å². The number of carbonyl (C=O) groups is 1. The fourth-order valence-corrected chi connectivity index (χ4v) is 13.6. The zero-order valence-electron chi connectivity index (χ0n) is 22.8. The van der Waals surface area contributed by atoms with Gasteiger partial charge in [-0.15, -0.1) is 0 Å². The number of aldehydes is 1. The first-order valence-electron chi connectivity index (χ1n) is 14.0. The Labute approximate surface area is 236 Å². The van der Waals surface area contributed by atoms with Gasteiger partial charge in [0.25, 0.3) is 0 Å². The Morgan fingerprint density at radius 1 is 0.842 bits per heavy atom. The molecular formula is C34H40O2SeSi. The fraction of sp³-hybridized carbons (Fsp3) is 0.382. The van der Waals surface area contributed by atoms with E-state index in [-0.39, 0.29) is 17.1 Å². The van der Waals surface area contributed by atoms with Crippen molar-refractivity contribution in [3.05, 3.63) is 103 Å². The normalized spacial score (nSPS) is 25.2. The molecule has 2 nitrogen and oxygen atoms in total. The number of fused-ring (bicyclic) bond motifs is 1. The van der Waals surface area contributed by atoms with Crippen LogP contribution in [-0.4, -0.2) is 35.7 Å². The second-order valence-corrected chi connectivity index (χ2v) is 18.6. The van der Waals surface area contributed by atoms with Gasteiger partial charge in [-0.25, -0.2) is 0 Å². The molecule has 38 heavy (non-hydrogen) atoms. The van der Waals surface area contributed by atoms with Crippen LogP contribution in [-0.2, 0) is 9.22 Å². The molecule has 5 atom stereocenters. The van der Waals surface area contributed by atoms with E-state index in [2.05, 4.69) is 124 Å². The Bertz CT molecular complexity index is 1170. The maximum atomic E-state index is 12.5. The molecule has 0 amide bonds. The van der Waals surface area contributed by atoms with E-state index in [4.69, 9.17) is 4.43 Å². The Hall–Kier alpha value is -2.23. The molecule has 2 aliphatic rings. The minimum atomic E-state index is -2.60. The number of allylic oxidation sites excluding steroid dienone is 2. The summed E-state index contributed by atoms with van der Waals surface area (Å²) in [7, 11) is -2.60. The molecule has 1 saturated carbocycles. The van der Waals surface area contributed by atoms with Crippen molar-refractivity contribution in [3.8, 4) is 0 Å². The van der Waals surface area contributed by atoms with Crippen LogP contribution in [0.4, 0.5) is 0 Å². The third kappa shape index (κ3) is 5.56. The van der Waals surface area contributed by atoms with Gasteiger partial charge in [-0.1, -0.05) is 12.1 Å². The van der Waals surface area contributed by atoms with Crippen LogP contribution in [0.2, 0.25) is 10.4 Å². The van der Waals surface area contributed by atoms with Gasteiger partial charge in [0, 0.05) is 0 Å². The molecule has 3 aromatic rings. The minimum absolute atomic E-state index is 0.0363. The topological polar surface area (TPSA) is 26.3 Å². The Morgan fingerprint density at radius 3 is 1.97 bits per heavy atom. The van der Waals surface area contributed by atoms with Crippen LogP contribution in [0.25, 0.3) is 0 Å². The van der Waals surface area contributed by atoms with E-state index in [1.807, 2.05) is 0 Å². The van der Waals surface area contributed by atoms with Gasteiger partial charge >= 0.3 is 225 Å². The first-order chi connectivity index (χ1) is 18.4. The predicted molar refractivity (Wildman–Crippen MR) is 162 cm³/mol. The summed E-state index contributed by atoms with van der Waals surface area (Å²) in [4.78, 5) is 12.5. The first kappa shape index (κ1) is 27.3. The molecule has 0 aromatic heterocycles. The molecule has 0 saturated heterocycles. The molecule has 0 bridgehead atoms. The summed E-state index contributed by atoms with van der Waals surface area (Å²) in [5.41, 5.74) is 0. The molecule has 0 N–H and O–H groups in total. The molecule has 3 aromatic carbocycles. The molecule has 0 unspecified atom stereocenters. The predicted octanol–water partition coefficient (Wildman–Crippen LogP) is 5.80. The molecule has 0 radical (unpaired) electrons. The van der Waals surface area contributed by atoms with E-state index in [0.29, 0.717) is 32.7 Å². The molecule has 0 spiro atoms. The van der Waals surface area contributed by atoms with Gasteiger partial charge in [-0.05, 0) is 0 Å². The van der Waals surface area contributed by atoms with E-state index in [1.165, 1.54) is 26.4 Å². The summed E-state index contributed by atoms with van der Waals surface area (Å²) in [5.74, 6) is 1.27. The molecule has 198 valence electrons. The van der Waals surface area contributed by atoms with Crippen molar-refractivity contribution in [2.24, 2.45) is 23.7 Å². The number of hydrogen-bond acceptors (Lipinski definition) is 2. The van der Waals surface area contributed by atoms with Crippen LogP contribution in [0.15, 0.2) is 103 Å². The zero-order chi connectivity index (χ0) is 26.6. The summed E-state index contributed by atoms with van der Waals surface area (Å²) in [5, 5.41) is 3.80. The van der Waals surface area contributed by atoms with E-state index >= 15 is 0 Å². The standard InChI is InChI=1S/C34H40O2SeSi/c1-34(2,3)38(30-15-9-5-10-16-30,31-17-11-6-12-18-31)36-28-23-27-20-19-26(33(25-35)32(27)24-28)21-22-37-29-13-7-4-8-14-29/h4-20,25-28,32-33H,21-24H2,1-3H3/t26-,27+,28+,32+,33+/m0/s1. The van der Waals surface area contributed by atoms with Gasteiger partial charge in [0.15, 0.2) is 0 Å². The van der Waals surface area contributed by atoms with Crippen molar-refractivity contribution in [1.29, 1.82) is 0 Å². The number of rotatable bonds is 9. The van der Waals surface area contributed by atoms with Crippen molar-refractivity contribution in [2.75, 3.05) is 0 Å². The van der Waals surface area contributed by atoms with Crippen LogP contribution >= 0.6 is 0 Å². The molecule has 1 fully saturated rings. The van der Waals surface area contributed by atoms with Gasteiger partial charge < -0.3 is 0 Å². The zero-order valence-corrected chi connectivity index (χ0v) is 25.5. The maximum absolute atomic E-state index is 12.5.